The summed E-state index contributed by atoms with van der Waals surface area (Å²) < 4.78 is 5.16. The van der Waals surface area contributed by atoms with Gasteiger partial charge in [-0.1, -0.05) is 6.07 Å². The number of carboxylic acids is 1. The fourth-order valence-corrected chi connectivity index (χ4v) is 1.74. The van der Waals surface area contributed by atoms with E-state index in [1.54, 1.807) is 45.0 Å². The predicted molar refractivity (Wildman–Crippen MR) is 78.6 cm³/mol. The van der Waals surface area contributed by atoms with Crippen LogP contribution in [0.1, 0.15) is 31.3 Å². The number of carbonyl (C=O) groups is 2. The summed E-state index contributed by atoms with van der Waals surface area (Å²) in [6.07, 6.45) is -0.544. The Labute approximate surface area is 121 Å². The van der Waals surface area contributed by atoms with Gasteiger partial charge in [0.05, 0.1) is 5.52 Å². The number of carbonyl (C=O) groups excluding carboxylic acids is 1. The third-order valence-corrected chi connectivity index (χ3v) is 2.55. The van der Waals surface area contributed by atoms with Crippen molar-refractivity contribution in [1.82, 2.24) is 4.98 Å². The zero-order chi connectivity index (χ0) is 15.6. The molecule has 1 aromatic carbocycles. The van der Waals surface area contributed by atoms with E-state index >= 15 is 0 Å². The lowest BCUT2D eigenvalue weighted by Gasteiger charge is -2.19. The standard InChI is InChI=1S/C15H16N2O4/c1-15(2,3)21-14(20)16-10-5-7-11-9(8-10)4-6-12(17-11)13(18)19/h4-8H,1-3H3,(H,16,20)(H,18,19). The lowest BCUT2D eigenvalue weighted by atomic mass is 10.2. The summed E-state index contributed by atoms with van der Waals surface area (Å²) in [6, 6.07) is 8.06. The molecule has 0 spiro atoms. The normalized spacial score (nSPS) is 11.2. The fraction of sp³-hybridized carbons (Fsp3) is 0.267. The van der Waals surface area contributed by atoms with Gasteiger partial charge in [0.2, 0.25) is 0 Å². The Hall–Kier alpha value is -2.63. The molecule has 6 nitrogen and oxygen atoms in total. The highest BCUT2D eigenvalue weighted by Gasteiger charge is 2.16. The molecule has 0 atom stereocenters. The van der Waals surface area contributed by atoms with Crippen LogP contribution in [-0.2, 0) is 4.74 Å². The van der Waals surface area contributed by atoms with Gasteiger partial charge >= 0.3 is 12.1 Å². The Morgan fingerprint density at radius 2 is 1.90 bits per heavy atom. The van der Waals surface area contributed by atoms with Gasteiger partial charge in [0.25, 0.3) is 0 Å². The Morgan fingerprint density at radius 3 is 2.52 bits per heavy atom. The predicted octanol–water partition coefficient (Wildman–Crippen LogP) is 3.28. The van der Waals surface area contributed by atoms with Gasteiger partial charge in [0, 0.05) is 11.1 Å². The van der Waals surface area contributed by atoms with E-state index in [0.717, 1.165) is 5.39 Å². The first-order valence-corrected chi connectivity index (χ1v) is 6.39. The van der Waals surface area contributed by atoms with E-state index in [4.69, 9.17) is 9.84 Å². The van der Waals surface area contributed by atoms with Crippen molar-refractivity contribution in [1.29, 1.82) is 0 Å². The Kier molecular flexibility index (Phi) is 3.80. The van der Waals surface area contributed by atoms with Crippen LogP contribution in [-0.4, -0.2) is 27.8 Å². The monoisotopic (exact) mass is 288 g/mol. The van der Waals surface area contributed by atoms with E-state index in [-0.39, 0.29) is 5.69 Å². The average Bonchev–Trinajstić information content (AvgIpc) is 2.35. The van der Waals surface area contributed by atoms with Gasteiger partial charge in [-0.15, -0.1) is 0 Å². The molecule has 6 heteroatoms. The van der Waals surface area contributed by atoms with Crippen LogP contribution in [0.5, 0.6) is 0 Å². The van der Waals surface area contributed by atoms with Crippen LogP contribution in [0.3, 0.4) is 0 Å². The number of nitrogens with zero attached hydrogens (tertiary/aromatic N) is 1. The molecular weight excluding hydrogens is 272 g/mol. The summed E-state index contributed by atoms with van der Waals surface area (Å²) in [5.41, 5.74) is 0.514. The zero-order valence-corrected chi connectivity index (χ0v) is 12.0. The lowest BCUT2D eigenvalue weighted by Crippen LogP contribution is -2.27. The first-order chi connectivity index (χ1) is 9.74. The largest absolute Gasteiger partial charge is 0.477 e. The summed E-state index contributed by atoms with van der Waals surface area (Å²) in [5.74, 6) is -1.08. The molecule has 0 aliphatic heterocycles. The molecule has 2 aromatic rings. The molecule has 2 rings (SSSR count). The molecule has 0 unspecified atom stereocenters. The molecule has 21 heavy (non-hydrogen) atoms. The quantitative estimate of drug-likeness (QED) is 0.885. The lowest BCUT2D eigenvalue weighted by molar-refractivity contribution is 0.0634. The van der Waals surface area contributed by atoms with Crippen molar-refractivity contribution in [2.45, 2.75) is 26.4 Å². The Balaban J connectivity index is 2.22. The number of fused-ring (bicyclic) bond motifs is 1. The van der Waals surface area contributed by atoms with E-state index in [1.165, 1.54) is 6.07 Å². The molecule has 1 aromatic heterocycles. The summed E-state index contributed by atoms with van der Waals surface area (Å²) in [5, 5.41) is 12.2. The number of nitrogens with one attached hydrogen (secondary N) is 1. The van der Waals surface area contributed by atoms with Crippen LogP contribution in [0, 0.1) is 0 Å². The van der Waals surface area contributed by atoms with Gasteiger partial charge in [0.15, 0.2) is 0 Å². The van der Waals surface area contributed by atoms with Gasteiger partial charge in [0.1, 0.15) is 11.3 Å². The summed E-state index contributed by atoms with van der Waals surface area (Å²) in [7, 11) is 0. The number of anilines is 1. The van der Waals surface area contributed by atoms with Crippen molar-refractivity contribution in [2.75, 3.05) is 5.32 Å². The van der Waals surface area contributed by atoms with Crippen LogP contribution in [0.25, 0.3) is 10.9 Å². The van der Waals surface area contributed by atoms with Gasteiger partial charge in [-0.25, -0.2) is 14.6 Å². The minimum Gasteiger partial charge on any atom is -0.477 e. The van der Waals surface area contributed by atoms with Gasteiger partial charge in [-0.05, 0) is 45.0 Å². The van der Waals surface area contributed by atoms with E-state index < -0.39 is 17.7 Å². The molecule has 0 saturated carbocycles. The van der Waals surface area contributed by atoms with E-state index in [1.807, 2.05) is 0 Å². The minimum atomic E-state index is -1.08. The molecule has 1 heterocycles. The molecule has 1 amide bonds. The van der Waals surface area contributed by atoms with Crippen LogP contribution >= 0.6 is 0 Å². The van der Waals surface area contributed by atoms with Crippen LogP contribution in [0.4, 0.5) is 10.5 Å². The highest BCUT2D eigenvalue weighted by Crippen LogP contribution is 2.19. The fourth-order valence-electron chi connectivity index (χ4n) is 1.74. The summed E-state index contributed by atoms with van der Waals surface area (Å²) >= 11 is 0. The zero-order valence-electron chi connectivity index (χ0n) is 12.0. The maximum absolute atomic E-state index is 11.7. The molecule has 0 fully saturated rings. The minimum absolute atomic E-state index is 0.0182. The number of benzene rings is 1. The van der Waals surface area contributed by atoms with E-state index in [9.17, 15) is 9.59 Å². The highest BCUT2D eigenvalue weighted by atomic mass is 16.6. The SMILES string of the molecule is CC(C)(C)OC(=O)Nc1ccc2nc(C(=O)O)ccc2c1. The number of aromatic nitrogens is 1. The molecule has 0 bridgehead atoms. The maximum Gasteiger partial charge on any atom is 0.412 e. The van der Waals surface area contributed by atoms with Crippen molar-refractivity contribution >= 4 is 28.7 Å². The second-order valence-corrected chi connectivity index (χ2v) is 5.54. The first kappa shape index (κ1) is 14.8. The van der Waals surface area contributed by atoms with Crippen molar-refractivity contribution in [2.24, 2.45) is 0 Å². The Morgan fingerprint density at radius 1 is 1.19 bits per heavy atom. The van der Waals surface area contributed by atoms with E-state index in [2.05, 4.69) is 10.3 Å². The maximum atomic E-state index is 11.7. The summed E-state index contributed by atoms with van der Waals surface area (Å²) in [6.45, 7) is 5.35. The van der Waals surface area contributed by atoms with Gasteiger partial charge in [-0.3, -0.25) is 5.32 Å². The highest BCUT2D eigenvalue weighted by molar-refractivity contribution is 5.92. The van der Waals surface area contributed by atoms with E-state index in [0.29, 0.717) is 11.2 Å². The number of ether oxygens (including phenoxy) is 1. The number of aromatic carboxylic acids is 1. The third kappa shape index (κ3) is 3.92. The Bertz CT molecular complexity index is 704. The topological polar surface area (TPSA) is 88.5 Å². The second-order valence-electron chi connectivity index (χ2n) is 5.54. The average molecular weight is 288 g/mol. The van der Waals surface area contributed by atoms with Crippen LogP contribution in [0.15, 0.2) is 30.3 Å². The van der Waals surface area contributed by atoms with Crippen molar-refractivity contribution in [3.8, 4) is 0 Å². The number of amides is 1. The molecule has 0 aliphatic rings. The molecule has 0 saturated heterocycles. The second kappa shape index (κ2) is 5.40. The van der Waals surface area contributed by atoms with Crippen LogP contribution in [0.2, 0.25) is 0 Å². The van der Waals surface area contributed by atoms with Gasteiger partial charge in [-0.2, -0.15) is 0 Å². The molecule has 0 aliphatic carbocycles. The molecule has 0 radical (unpaired) electrons. The first-order valence-electron chi connectivity index (χ1n) is 6.39. The molecule has 110 valence electrons. The number of pyridine rings is 1. The van der Waals surface area contributed by atoms with Crippen molar-refractivity contribution in [3.63, 3.8) is 0 Å². The third-order valence-electron chi connectivity index (χ3n) is 2.55. The molecule has 2 N–H and O–H groups in total. The number of rotatable bonds is 2. The van der Waals surface area contributed by atoms with Gasteiger partial charge < -0.3 is 9.84 Å². The summed E-state index contributed by atoms with van der Waals surface area (Å²) in [4.78, 5) is 26.5. The van der Waals surface area contributed by atoms with Crippen LogP contribution < -0.4 is 5.32 Å². The van der Waals surface area contributed by atoms with Crippen molar-refractivity contribution < 1.29 is 19.4 Å². The number of hydrogen-bond acceptors (Lipinski definition) is 4. The number of hydrogen-bond donors (Lipinski definition) is 2. The number of carboxylic acid groups (broad SMARTS) is 1. The van der Waals surface area contributed by atoms with Crippen molar-refractivity contribution in [3.05, 3.63) is 36.0 Å². The molecular formula is C15H16N2O4. The smallest absolute Gasteiger partial charge is 0.412 e.